The third-order valence-corrected chi connectivity index (χ3v) is 3.30. The Balaban J connectivity index is 2.11. The van der Waals surface area contributed by atoms with Gasteiger partial charge in [0, 0.05) is 17.3 Å². The van der Waals surface area contributed by atoms with Gasteiger partial charge in [-0.05, 0) is 30.5 Å². The van der Waals surface area contributed by atoms with Gasteiger partial charge in [0.1, 0.15) is 6.33 Å². The van der Waals surface area contributed by atoms with Gasteiger partial charge in [0.05, 0.1) is 5.69 Å². The molecule has 1 aliphatic carbocycles. The summed E-state index contributed by atoms with van der Waals surface area (Å²) in [4.78, 5) is 8.32. The van der Waals surface area contributed by atoms with Gasteiger partial charge in [-0.1, -0.05) is 18.2 Å². The molecular weight excluding hydrogens is 198 g/mol. The smallest absolute Gasteiger partial charge is 0.115 e. The molecule has 0 bridgehead atoms. The first-order valence-corrected chi connectivity index (χ1v) is 5.44. The predicted octanol–water partition coefficient (Wildman–Crippen LogP) is 2.14. The number of hydrogen-bond acceptors (Lipinski definition) is 3. The summed E-state index contributed by atoms with van der Waals surface area (Å²) in [6.07, 6.45) is 5.65. The fourth-order valence-electron chi connectivity index (χ4n) is 2.30. The van der Waals surface area contributed by atoms with E-state index in [0.29, 0.717) is 0 Å². The van der Waals surface area contributed by atoms with Crippen molar-refractivity contribution in [2.24, 2.45) is 0 Å². The van der Waals surface area contributed by atoms with Gasteiger partial charge in [0.2, 0.25) is 0 Å². The molecule has 0 radical (unpaired) electrons. The van der Waals surface area contributed by atoms with Crippen molar-refractivity contribution in [3.05, 3.63) is 54.1 Å². The van der Waals surface area contributed by atoms with Crippen LogP contribution in [-0.2, 0) is 5.41 Å². The monoisotopic (exact) mass is 211 g/mol. The quantitative estimate of drug-likeness (QED) is 0.774. The van der Waals surface area contributed by atoms with Crippen molar-refractivity contribution in [2.75, 3.05) is 5.73 Å². The number of hydrogen-bond donors (Lipinski definition) is 1. The summed E-state index contributed by atoms with van der Waals surface area (Å²) >= 11 is 0. The number of anilines is 1. The van der Waals surface area contributed by atoms with Crippen LogP contribution in [0.3, 0.4) is 0 Å². The molecule has 0 unspecified atom stereocenters. The van der Waals surface area contributed by atoms with Gasteiger partial charge in [-0.2, -0.15) is 0 Å². The maximum absolute atomic E-state index is 6.04. The van der Waals surface area contributed by atoms with Crippen molar-refractivity contribution in [3.63, 3.8) is 0 Å². The summed E-state index contributed by atoms with van der Waals surface area (Å²) < 4.78 is 0. The number of aromatic nitrogens is 2. The minimum atomic E-state index is 0.0499. The van der Waals surface area contributed by atoms with Crippen LogP contribution in [0, 0.1) is 0 Å². The fourth-order valence-corrected chi connectivity index (χ4v) is 2.30. The molecule has 0 amide bonds. The Morgan fingerprint density at radius 1 is 1.12 bits per heavy atom. The number of nitrogens with zero attached hydrogens (tertiary/aromatic N) is 2. The normalized spacial score (nSPS) is 17.0. The average Bonchev–Trinajstić information content (AvgIpc) is 3.12. The van der Waals surface area contributed by atoms with E-state index in [0.717, 1.165) is 24.2 Å². The first-order chi connectivity index (χ1) is 7.83. The zero-order valence-corrected chi connectivity index (χ0v) is 8.93. The lowest BCUT2D eigenvalue weighted by molar-refractivity contribution is 0.797. The second kappa shape index (κ2) is 3.30. The molecule has 0 spiro atoms. The third-order valence-electron chi connectivity index (χ3n) is 3.30. The number of nitrogens with two attached hydrogens (primary N) is 1. The minimum absolute atomic E-state index is 0.0499. The zero-order chi connectivity index (χ0) is 11.0. The Bertz CT molecular complexity index is 504. The molecule has 1 aromatic carbocycles. The highest BCUT2D eigenvalue weighted by molar-refractivity contribution is 5.56. The lowest BCUT2D eigenvalue weighted by atomic mass is 9.91. The van der Waals surface area contributed by atoms with Crippen LogP contribution >= 0.6 is 0 Å². The van der Waals surface area contributed by atoms with E-state index in [1.54, 1.807) is 12.5 Å². The second-order valence-corrected chi connectivity index (χ2v) is 4.26. The van der Waals surface area contributed by atoms with E-state index in [4.69, 9.17) is 5.73 Å². The molecule has 1 heterocycles. The van der Waals surface area contributed by atoms with Crippen LogP contribution < -0.4 is 5.73 Å². The Morgan fingerprint density at radius 2 is 1.94 bits per heavy atom. The summed E-state index contributed by atoms with van der Waals surface area (Å²) in [7, 11) is 0. The molecule has 0 saturated heterocycles. The number of rotatable bonds is 2. The molecular formula is C13H13N3. The first kappa shape index (κ1) is 9.33. The van der Waals surface area contributed by atoms with Crippen LogP contribution in [0.1, 0.15) is 24.1 Å². The molecule has 1 aliphatic rings. The van der Waals surface area contributed by atoms with Crippen molar-refractivity contribution >= 4 is 5.69 Å². The summed E-state index contributed by atoms with van der Waals surface area (Å²) in [5, 5.41) is 0. The van der Waals surface area contributed by atoms with Crippen molar-refractivity contribution < 1.29 is 0 Å². The highest BCUT2D eigenvalue weighted by Crippen LogP contribution is 2.54. The standard InChI is InChI=1S/C13H13N3/c14-11-4-2-1-3-10(11)13(6-7-13)12-5-8-15-9-16-12/h1-5,8-9H,6-7,14H2. The van der Waals surface area contributed by atoms with Gasteiger partial charge in [-0.3, -0.25) is 0 Å². The maximum Gasteiger partial charge on any atom is 0.115 e. The van der Waals surface area contributed by atoms with Crippen LogP contribution in [-0.4, -0.2) is 9.97 Å². The van der Waals surface area contributed by atoms with E-state index in [1.807, 2.05) is 24.3 Å². The highest BCUT2D eigenvalue weighted by atomic mass is 14.8. The Hall–Kier alpha value is -1.90. The molecule has 0 atom stereocenters. The van der Waals surface area contributed by atoms with Crippen LogP contribution in [0.2, 0.25) is 0 Å². The number of benzene rings is 1. The molecule has 1 aromatic heterocycles. The molecule has 0 aliphatic heterocycles. The maximum atomic E-state index is 6.04. The first-order valence-electron chi connectivity index (χ1n) is 5.44. The highest BCUT2D eigenvalue weighted by Gasteiger charge is 2.48. The van der Waals surface area contributed by atoms with E-state index in [2.05, 4.69) is 16.0 Å². The van der Waals surface area contributed by atoms with E-state index >= 15 is 0 Å². The molecule has 2 N–H and O–H groups in total. The summed E-state index contributed by atoms with van der Waals surface area (Å²) in [6, 6.07) is 10.0. The summed E-state index contributed by atoms with van der Waals surface area (Å²) in [5.74, 6) is 0. The molecule has 1 fully saturated rings. The van der Waals surface area contributed by atoms with Gasteiger partial charge in [0.25, 0.3) is 0 Å². The van der Waals surface area contributed by atoms with Crippen molar-refractivity contribution in [1.82, 2.24) is 9.97 Å². The van der Waals surface area contributed by atoms with Crippen LogP contribution in [0.15, 0.2) is 42.9 Å². The number of para-hydroxylation sites is 1. The van der Waals surface area contributed by atoms with Crippen LogP contribution in [0.4, 0.5) is 5.69 Å². The molecule has 3 rings (SSSR count). The van der Waals surface area contributed by atoms with Gasteiger partial charge in [0.15, 0.2) is 0 Å². The van der Waals surface area contributed by atoms with E-state index < -0.39 is 0 Å². The molecule has 80 valence electrons. The van der Waals surface area contributed by atoms with Crippen LogP contribution in [0.5, 0.6) is 0 Å². The van der Waals surface area contributed by atoms with Gasteiger partial charge in [-0.25, -0.2) is 9.97 Å². The largest absolute Gasteiger partial charge is 0.398 e. The summed E-state index contributed by atoms with van der Waals surface area (Å²) in [5.41, 5.74) is 9.24. The number of nitrogen functional groups attached to an aromatic ring is 1. The Morgan fingerprint density at radius 3 is 2.56 bits per heavy atom. The predicted molar refractivity (Wildman–Crippen MR) is 62.9 cm³/mol. The van der Waals surface area contributed by atoms with Crippen LogP contribution in [0.25, 0.3) is 0 Å². The molecule has 16 heavy (non-hydrogen) atoms. The molecule has 3 nitrogen and oxygen atoms in total. The zero-order valence-electron chi connectivity index (χ0n) is 8.93. The van der Waals surface area contributed by atoms with Crippen molar-refractivity contribution in [2.45, 2.75) is 18.3 Å². The average molecular weight is 211 g/mol. The van der Waals surface area contributed by atoms with Gasteiger partial charge < -0.3 is 5.73 Å². The van der Waals surface area contributed by atoms with E-state index in [-0.39, 0.29) is 5.41 Å². The third kappa shape index (κ3) is 1.28. The Labute approximate surface area is 94.4 Å². The van der Waals surface area contributed by atoms with Crippen molar-refractivity contribution in [3.8, 4) is 0 Å². The SMILES string of the molecule is Nc1ccccc1C1(c2ccncn2)CC1. The van der Waals surface area contributed by atoms with Gasteiger partial charge >= 0.3 is 0 Å². The van der Waals surface area contributed by atoms with E-state index in [1.165, 1.54) is 5.56 Å². The molecule has 3 heteroatoms. The summed E-state index contributed by atoms with van der Waals surface area (Å²) in [6.45, 7) is 0. The second-order valence-electron chi connectivity index (χ2n) is 4.26. The lowest BCUT2D eigenvalue weighted by Gasteiger charge is -2.16. The minimum Gasteiger partial charge on any atom is -0.398 e. The molecule has 1 saturated carbocycles. The Kier molecular flexibility index (Phi) is 1.93. The topological polar surface area (TPSA) is 51.8 Å². The van der Waals surface area contributed by atoms with Gasteiger partial charge in [-0.15, -0.1) is 0 Å². The van der Waals surface area contributed by atoms with E-state index in [9.17, 15) is 0 Å². The molecule has 2 aromatic rings. The van der Waals surface area contributed by atoms with Crippen molar-refractivity contribution in [1.29, 1.82) is 0 Å². The lowest BCUT2D eigenvalue weighted by Crippen LogP contribution is -2.13. The fraction of sp³-hybridized carbons (Fsp3) is 0.231.